The number of aliphatic hydroxyl groups excluding tert-OH is 2. The molecule has 2 N–H and O–H groups in total. The van der Waals surface area contributed by atoms with Crippen molar-refractivity contribution in [1.29, 1.82) is 0 Å². The molecule has 5 heteroatoms. The Labute approximate surface area is 117 Å². The van der Waals surface area contributed by atoms with Gasteiger partial charge in [0.2, 0.25) is 11.8 Å². The molecule has 0 aliphatic carbocycles. The lowest BCUT2D eigenvalue weighted by atomic mass is 9.90. The standard InChI is InChI=1S/C15H19NO4/c17-8-6-12-13(7-9-18)15(20)16(14(12)19)10-11-4-2-1-3-5-11/h1-5,12-13,17-18H,6-10H2/t12-,13-/m1/s1. The highest BCUT2D eigenvalue weighted by Gasteiger charge is 2.46. The Kier molecular flexibility index (Phi) is 4.87. The van der Waals surface area contributed by atoms with E-state index in [1.54, 1.807) is 0 Å². The van der Waals surface area contributed by atoms with Crippen LogP contribution in [0, 0.1) is 11.8 Å². The minimum atomic E-state index is -0.511. The average Bonchev–Trinajstić information content (AvgIpc) is 2.67. The summed E-state index contributed by atoms with van der Waals surface area (Å²) in [4.78, 5) is 25.9. The van der Waals surface area contributed by atoms with E-state index in [9.17, 15) is 9.59 Å². The van der Waals surface area contributed by atoms with Gasteiger partial charge in [-0.2, -0.15) is 0 Å². The van der Waals surface area contributed by atoms with Gasteiger partial charge in [0.05, 0.1) is 18.4 Å². The number of amides is 2. The normalized spacial score (nSPS) is 22.6. The van der Waals surface area contributed by atoms with Crippen LogP contribution in [0.4, 0.5) is 0 Å². The van der Waals surface area contributed by atoms with Gasteiger partial charge in [-0.05, 0) is 18.4 Å². The SMILES string of the molecule is O=C1[C@H](CCO)[C@@H](CCO)C(=O)N1Cc1ccccc1. The molecule has 1 aromatic rings. The van der Waals surface area contributed by atoms with E-state index in [1.807, 2.05) is 30.3 Å². The lowest BCUT2D eigenvalue weighted by Gasteiger charge is -2.14. The molecule has 0 saturated carbocycles. The average molecular weight is 277 g/mol. The molecular weight excluding hydrogens is 258 g/mol. The van der Waals surface area contributed by atoms with Gasteiger partial charge in [0.25, 0.3) is 0 Å². The molecule has 0 spiro atoms. The highest BCUT2D eigenvalue weighted by atomic mass is 16.3. The minimum absolute atomic E-state index is 0.134. The zero-order valence-corrected chi connectivity index (χ0v) is 11.2. The van der Waals surface area contributed by atoms with Crippen molar-refractivity contribution in [2.45, 2.75) is 19.4 Å². The third-order valence-corrected chi connectivity index (χ3v) is 3.72. The van der Waals surface area contributed by atoms with Crippen molar-refractivity contribution in [3.8, 4) is 0 Å². The van der Waals surface area contributed by atoms with E-state index in [0.717, 1.165) is 5.56 Å². The number of hydrogen-bond donors (Lipinski definition) is 2. The fourth-order valence-electron chi connectivity index (χ4n) is 2.70. The number of carbonyl (C=O) groups excluding carboxylic acids is 2. The second kappa shape index (κ2) is 6.63. The summed E-state index contributed by atoms with van der Waals surface area (Å²) >= 11 is 0. The number of likely N-dealkylation sites (tertiary alicyclic amines) is 1. The molecule has 1 aliphatic heterocycles. The maximum absolute atomic E-state index is 12.3. The van der Waals surface area contributed by atoms with Crippen molar-refractivity contribution in [1.82, 2.24) is 4.90 Å². The largest absolute Gasteiger partial charge is 0.396 e. The van der Waals surface area contributed by atoms with Crippen LogP contribution in [0.2, 0.25) is 0 Å². The van der Waals surface area contributed by atoms with E-state index in [2.05, 4.69) is 0 Å². The van der Waals surface area contributed by atoms with Crippen LogP contribution in [0.25, 0.3) is 0 Å². The van der Waals surface area contributed by atoms with Crippen LogP contribution in [-0.2, 0) is 16.1 Å². The Morgan fingerprint density at radius 2 is 1.40 bits per heavy atom. The van der Waals surface area contributed by atoms with Gasteiger partial charge in [0.15, 0.2) is 0 Å². The van der Waals surface area contributed by atoms with Crippen molar-refractivity contribution in [3.05, 3.63) is 35.9 Å². The van der Waals surface area contributed by atoms with Gasteiger partial charge < -0.3 is 10.2 Å². The lowest BCUT2D eigenvalue weighted by molar-refractivity contribution is -0.140. The molecule has 0 radical (unpaired) electrons. The van der Waals surface area contributed by atoms with Crippen molar-refractivity contribution in [3.63, 3.8) is 0 Å². The Morgan fingerprint density at radius 1 is 0.900 bits per heavy atom. The van der Waals surface area contributed by atoms with Crippen LogP contribution in [-0.4, -0.2) is 40.1 Å². The first-order valence-corrected chi connectivity index (χ1v) is 6.80. The van der Waals surface area contributed by atoms with Gasteiger partial charge in [-0.3, -0.25) is 14.5 Å². The summed E-state index contributed by atoms with van der Waals surface area (Å²) in [6.07, 6.45) is 0.529. The van der Waals surface area contributed by atoms with Crippen LogP contribution < -0.4 is 0 Å². The molecular formula is C15H19NO4. The van der Waals surface area contributed by atoms with E-state index >= 15 is 0 Å². The molecule has 108 valence electrons. The molecule has 20 heavy (non-hydrogen) atoms. The molecule has 0 unspecified atom stereocenters. The molecule has 5 nitrogen and oxygen atoms in total. The van der Waals surface area contributed by atoms with Crippen molar-refractivity contribution >= 4 is 11.8 Å². The molecule has 1 fully saturated rings. The highest BCUT2D eigenvalue weighted by Crippen LogP contribution is 2.32. The first-order valence-electron chi connectivity index (χ1n) is 6.80. The molecule has 2 atom stereocenters. The number of benzene rings is 1. The second-order valence-corrected chi connectivity index (χ2v) is 4.99. The molecule has 1 heterocycles. The van der Waals surface area contributed by atoms with Crippen LogP contribution >= 0.6 is 0 Å². The van der Waals surface area contributed by atoms with Gasteiger partial charge in [-0.1, -0.05) is 30.3 Å². The van der Waals surface area contributed by atoms with E-state index in [-0.39, 0.29) is 44.4 Å². The van der Waals surface area contributed by atoms with Crippen molar-refractivity contribution in [2.24, 2.45) is 11.8 Å². The second-order valence-electron chi connectivity index (χ2n) is 4.99. The molecule has 0 aromatic heterocycles. The first-order chi connectivity index (χ1) is 9.69. The highest BCUT2D eigenvalue weighted by molar-refractivity contribution is 6.05. The summed E-state index contributed by atoms with van der Waals surface area (Å²) in [5.74, 6) is -1.51. The maximum atomic E-state index is 12.3. The van der Waals surface area contributed by atoms with Gasteiger partial charge in [-0.25, -0.2) is 0 Å². The summed E-state index contributed by atoms with van der Waals surface area (Å²) in [5, 5.41) is 18.1. The zero-order chi connectivity index (χ0) is 14.5. The van der Waals surface area contributed by atoms with Crippen molar-refractivity contribution in [2.75, 3.05) is 13.2 Å². The monoisotopic (exact) mass is 277 g/mol. The zero-order valence-electron chi connectivity index (χ0n) is 11.2. The van der Waals surface area contributed by atoms with Gasteiger partial charge in [0, 0.05) is 13.2 Å². The topological polar surface area (TPSA) is 77.8 Å². The predicted molar refractivity (Wildman–Crippen MR) is 72.4 cm³/mol. The number of aliphatic hydroxyl groups is 2. The molecule has 0 bridgehead atoms. The van der Waals surface area contributed by atoms with Gasteiger partial charge in [-0.15, -0.1) is 0 Å². The van der Waals surface area contributed by atoms with E-state index < -0.39 is 11.8 Å². The summed E-state index contributed by atoms with van der Waals surface area (Å²) in [7, 11) is 0. The summed E-state index contributed by atoms with van der Waals surface area (Å²) in [5.41, 5.74) is 0.890. The number of hydrogen-bond acceptors (Lipinski definition) is 4. The van der Waals surface area contributed by atoms with Gasteiger partial charge >= 0.3 is 0 Å². The van der Waals surface area contributed by atoms with E-state index in [4.69, 9.17) is 10.2 Å². The Morgan fingerprint density at radius 3 is 1.85 bits per heavy atom. The molecule has 2 amide bonds. The molecule has 1 aromatic carbocycles. The fraction of sp³-hybridized carbons (Fsp3) is 0.467. The Balaban J connectivity index is 2.17. The summed E-state index contributed by atoms with van der Waals surface area (Å²) in [6, 6.07) is 9.32. The summed E-state index contributed by atoms with van der Waals surface area (Å²) in [6.45, 7) is -0.0159. The molecule has 1 saturated heterocycles. The quantitative estimate of drug-likeness (QED) is 0.745. The van der Waals surface area contributed by atoms with Crippen LogP contribution in [0.1, 0.15) is 18.4 Å². The third-order valence-electron chi connectivity index (χ3n) is 3.72. The number of nitrogens with zero attached hydrogens (tertiary/aromatic N) is 1. The van der Waals surface area contributed by atoms with Gasteiger partial charge in [0.1, 0.15) is 0 Å². The maximum Gasteiger partial charge on any atom is 0.233 e. The molecule has 2 rings (SSSR count). The number of rotatable bonds is 6. The van der Waals surface area contributed by atoms with Crippen molar-refractivity contribution < 1.29 is 19.8 Å². The smallest absolute Gasteiger partial charge is 0.233 e. The van der Waals surface area contributed by atoms with E-state index in [0.29, 0.717) is 0 Å². The molecule has 1 aliphatic rings. The van der Waals surface area contributed by atoms with E-state index in [1.165, 1.54) is 4.90 Å². The third kappa shape index (κ3) is 2.89. The number of imide groups is 1. The van der Waals surface area contributed by atoms with Crippen LogP contribution in [0.15, 0.2) is 30.3 Å². The first kappa shape index (κ1) is 14.7. The Hall–Kier alpha value is -1.72. The lowest BCUT2D eigenvalue weighted by Crippen LogP contribution is -2.30. The van der Waals surface area contributed by atoms with Crippen LogP contribution in [0.5, 0.6) is 0 Å². The minimum Gasteiger partial charge on any atom is -0.396 e. The number of carbonyl (C=O) groups is 2. The predicted octanol–water partition coefficient (Wildman–Crippen LogP) is 0.553. The fourth-order valence-corrected chi connectivity index (χ4v) is 2.70. The Bertz CT molecular complexity index is 450. The summed E-state index contributed by atoms with van der Waals surface area (Å²) < 4.78 is 0. The van der Waals surface area contributed by atoms with Crippen LogP contribution in [0.3, 0.4) is 0 Å².